The standard InChI is InChI=1S/C9H10BrClO3/c10-4-8(13)9(14)5-1-6(11)3-7(12)2-5/h1-3,8-9,12-14H,4H2. The average Bonchev–Trinajstić information content (AvgIpc) is 2.14. The summed E-state index contributed by atoms with van der Waals surface area (Å²) in [5.74, 6) is -0.0340. The molecule has 0 bridgehead atoms. The Labute approximate surface area is 95.1 Å². The van der Waals surface area contributed by atoms with Crippen molar-refractivity contribution in [1.29, 1.82) is 0 Å². The summed E-state index contributed by atoms with van der Waals surface area (Å²) in [6.07, 6.45) is -1.98. The lowest BCUT2D eigenvalue weighted by molar-refractivity contribution is 0.0342. The van der Waals surface area contributed by atoms with Gasteiger partial charge < -0.3 is 15.3 Å². The molecule has 5 heteroatoms. The van der Waals surface area contributed by atoms with Crippen molar-refractivity contribution in [2.45, 2.75) is 12.2 Å². The fourth-order valence-electron chi connectivity index (χ4n) is 1.07. The first-order chi connectivity index (χ1) is 6.54. The monoisotopic (exact) mass is 280 g/mol. The fraction of sp³-hybridized carbons (Fsp3) is 0.333. The third-order valence-electron chi connectivity index (χ3n) is 1.77. The number of halogens is 2. The molecular formula is C9H10BrClO3. The van der Waals surface area contributed by atoms with Gasteiger partial charge in [0.2, 0.25) is 0 Å². The molecule has 1 aromatic rings. The van der Waals surface area contributed by atoms with Gasteiger partial charge in [-0.2, -0.15) is 0 Å². The lowest BCUT2D eigenvalue weighted by atomic mass is 10.1. The van der Waals surface area contributed by atoms with Gasteiger partial charge in [0.05, 0.1) is 6.10 Å². The molecule has 14 heavy (non-hydrogen) atoms. The summed E-state index contributed by atoms with van der Waals surface area (Å²) in [6, 6.07) is 4.22. The van der Waals surface area contributed by atoms with Crippen LogP contribution in [0.4, 0.5) is 0 Å². The molecule has 1 rings (SSSR count). The highest BCUT2D eigenvalue weighted by Crippen LogP contribution is 2.26. The summed E-state index contributed by atoms with van der Waals surface area (Å²) < 4.78 is 0. The molecule has 3 N–H and O–H groups in total. The van der Waals surface area contributed by atoms with Crippen LogP contribution in [-0.2, 0) is 0 Å². The third-order valence-corrected chi connectivity index (χ3v) is 2.65. The number of phenolic OH excluding ortho intramolecular Hbond substituents is 1. The molecule has 0 aliphatic rings. The molecule has 78 valence electrons. The highest BCUT2D eigenvalue weighted by Gasteiger charge is 2.17. The lowest BCUT2D eigenvalue weighted by Gasteiger charge is -2.16. The fourth-order valence-corrected chi connectivity index (χ4v) is 1.67. The third kappa shape index (κ3) is 2.85. The van der Waals surface area contributed by atoms with Gasteiger partial charge in [0.25, 0.3) is 0 Å². The van der Waals surface area contributed by atoms with E-state index in [0.29, 0.717) is 10.6 Å². The zero-order chi connectivity index (χ0) is 10.7. The summed E-state index contributed by atoms with van der Waals surface area (Å²) in [4.78, 5) is 0. The topological polar surface area (TPSA) is 60.7 Å². The Bertz CT molecular complexity index is 299. The number of phenols is 1. The van der Waals surface area contributed by atoms with E-state index in [1.54, 1.807) is 0 Å². The molecule has 0 radical (unpaired) electrons. The van der Waals surface area contributed by atoms with Gasteiger partial charge in [-0.15, -0.1) is 0 Å². The number of hydrogen-bond acceptors (Lipinski definition) is 3. The van der Waals surface area contributed by atoms with Gasteiger partial charge in [-0.05, 0) is 23.8 Å². The van der Waals surface area contributed by atoms with Crippen LogP contribution in [0.15, 0.2) is 18.2 Å². The molecule has 3 nitrogen and oxygen atoms in total. The van der Waals surface area contributed by atoms with Crippen molar-refractivity contribution in [3.8, 4) is 5.75 Å². The lowest BCUT2D eigenvalue weighted by Crippen LogP contribution is -2.19. The number of aromatic hydroxyl groups is 1. The zero-order valence-electron chi connectivity index (χ0n) is 7.19. The van der Waals surface area contributed by atoms with Crippen molar-refractivity contribution in [2.75, 3.05) is 5.33 Å². The van der Waals surface area contributed by atoms with Crippen molar-refractivity contribution >= 4 is 27.5 Å². The molecular weight excluding hydrogens is 271 g/mol. The van der Waals surface area contributed by atoms with Crippen LogP contribution in [0.25, 0.3) is 0 Å². The molecule has 2 unspecified atom stereocenters. The first kappa shape index (κ1) is 11.8. The zero-order valence-corrected chi connectivity index (χ0v) is 9.53. The molecule has 0 spiro atoms. The number of alkyl halides is 1. The van der Waals surface area contributed by atoms with E-state index in [0.717, 1.165) is 0 Å². The highest BCUT2D eigenvalue weighted by atomic mass is 79.9. The van der Waals surface area contributed by atoms with E-state index < -0.39 is 12.2 Å². The van der Waals surface area contributed by atoms with Gasteiger partial charge >= 0.3 is 0 Å². The van der Waals surface area contributed by atoms with Crippen LogP contribution >= 0.6 is 27.5 Å². The van der Waals surface area contributed by atoms with Gasteiger partial charge in [0.1, 0.15) is 11.9 Å². The Morgan fingerprint density at radius 2 is 1.93 bits per heavy atom. The van der Waals surface area contributed by atoms with E-state index in [-0.39, 0.29) is 11.1 Å². The largest absolute Gasteiger partial charge is 0.508 e. The molecule has 0 aliphatic carbocycles. The van der Waals surface area contributed by atoms with E-state index in [9.17, 15) is 15.3 Å². The van der Waals surface area contributed by atoms with Gasteiger partial charge in [0, 0.05) is 10.4 Å². The Hall–Kier alpha value is -0.290. The smallest absolute Gasteiger partial charge is 0.117 e. The van der Waals surface area contributed by atoms with Crippen LogP contribution in [0.3, 0.4) is 0 Å². The summed E-state index contributed by atoms with van der Waals surface area (Å²) in [5.41, 5.74) is 0.391. The Kier molecular flexibility index (Phi) is 4.19. The van der Waals surface area contributed by atoms with Crippen LogP contribution in [0.2, 0.25) is 5.02 Å². The van der Waals surface area contributed by atoms with E-state index in [2.05, 4.69) is 15.9 Å². The molecule has 0 amide bonds. The number of rotatable bonds is 3. The predicted molar refractivity (Wildman–Crippen MR) is 57.9 cm³/mol. The molecule has 0 saturated heterocycles. The number of hydrogen-bond donors (Lipinski definition) is 3. The first-order valence-corrected chi connectivity index (χ1v) is 5.46. The second-order valence-electron chi connectivity index (χ2n) is 2.91. The molecule has 0 aliphatic heterocycles. The van der Waals surface area contributed by atoms with E-state index in [4.69, 9.17) is 11.6 Å². The van der Waals surface area contributed by atoms with Gasteiger partial charge in [-0.1, -0.05) is 27.5 Å². The normalized spacial score (nSPS) is 15.1. The molecule has 2 atom stereocenters. The highest BCUT2D eigenvalue weighted by molar-refractivity contribution is 9.09. The van der Waals surface area contributed by atoms with Crippen LogP contribution < -0.4 is 0 Å². The van der Waals surface area contributed by atoms with Crippen molar-refractivity contribution in [2.24, 2.45) is 0 Å². The maximum absolute atomic E-state index is 9.59. The molecule has 1 aromatic carbocycles. The Morgan fingerprint density at radius 3 is 2.43 bits per heavy atom. The quantitative estimate of drug-likeness (QED) is 0.741. The van der Waals surface area contributed by atoms with Crippen LogP contribution in [-0.4, -0.2) is 26.8 Å². The maximum Gasteiger partial charge on any atom is 0.117 e. The maximum atomic E-state index is 9.59. The Balaban J connectivity index is 2.94. The SMILES string of the molecule is Oc1cc(Cl)cc(C(O)C(O)CBr)c1. The van der Waals surface area contributed by atoms with Crippen molar-refractivity contribution in [3.63, 3.8) is 0 Å². The predicted octanol–water partition coefficient (Wildman–Crippen LogP) is 1.83. The van der Waals surface area contributed by atoms with Gasteiger partial charge in [-0.25, -0.2) is 0 Å². The van der Waals surface area contributed by atoms with Crippen LogP contribution in [0.5, 0.6) is 5.75 Å². The minimum absolute atomic E-state index is 0.0340. The van der Waals surface area contributed by atoms with Crippen LogP contribution in [0, 0.1) is 0 Å². The number of aliphatic hydroxyl groups excluding tert-OH is 2. The molecule has 0 saturated carbocycles. The number of aliphatic hydroxyl groups is 2. The summed E-state index contributed by atoms with van der Waals surface area (Å²) >= 11 is 8.72. The number of benzene rings is 1. The van der Waals surface area contributed by atoms with E-state index >= 15 is 0 Å². The molecule has 0 aromatic heterocycles. The van der Waals surface area contributed by atoms with Gasteiger partial charge in [-0.3, -0.25) is 0 Å². The van der Waals surface area contributed by atoms with Gasteiger partial charge in [0.15, 0.2) is 0 Å². The Morgan fingerprint density at radius 1 is 1.29 bits per heavy atom. The summed E-state index contributed by atoms with van der Waals surface area (Å²) in [5, 5.41) is 28.7. The molecule has 0 fully saturated rings. The summed E-state index contributed by atoms with van der Waals surface area (Å²) in [6.45, 7) is 0. The first-order valence-electron chi connectivity index (χ1n) is 3.96. The second kappa shape index (κ2) is 4.98. The van der Waals surface area contributed by atoms with Crippen molar-refractivity contribution in [3.05, 3.63) is 28.8 Å². The van der Waals surface area contributed by atoms with E-state index in [1.807, 2.05) is 0 Å². The minimum Gasteiger partial charge on any atom is -0.508 e. The van der Waals surface area contributed by atoms with Crippen molar-refractivity contribution < 1.29 is 15.3 Å². The van der Waals surface area contributed by atoms with Crippen molar-refractivity contribution in [1.82, 2.24) is 0 Å². The summed E-state index contributed by atoms with van der Waals surface area (Å²) in [7, 11) is 0. The van der Waals surface area contributed by atoms with E-state index in [1.165, 1.54) is 18.2 Å². The van der Waals surface area contributed by atoms with Crippen LogP contribution in [0.1, 0.15) is 11.7 Å². The molecule has 0 heterocycles. The minimum atomic E-state index is -1.06. The second-order valence-corrected chi connectivity index (χ2v) is 3.99. The average molecular weight is 282 g/mol.